The van der Waals surface area contributed by atoms with Crippen molar-refractivity contribution in [1.29, 1.82) is 0 Å². The number of aliphatic hydroxyl groups excluding tert-OH is 1. The summed E-state index contributed by atoms with van der Waals surface area (Å²) in [5.41, 5.74) is 1.62. The number of thioether (sulfide) groups is 1. The molecule has 2 aliphatic heterocycles. The number of carbonyl (C=O) groups is 1. The van der Waals surface area contributed by atoms with Crippen LogP contribution in [0.2, 0.25) is 0 Å². The van der Waals surface area contributed by atoms with Gasteiger partial charge in [-0.3, -0.25) is 9.69 Å². The van der Waals surface area contributed by atoms with E-state index in [2.05, 4.69) is 35.4 Å². The zero-order valence-corrected chi connectivity index (χ0v) is 16.1. The SMILES string of the molecule is CSc1ccc(CN2CCCC3(CCC(=O)N(CCCO)C3)C2)cc1. The van der Waals surface area contributed by atoms with Gasteiger partial charge >= 0.3 is 0 Å². The topological polar surface area (TPSA) is 43.8 Å². The molecule has 5 heteroatoms. The van der Waals surface area contributed by atoms with Crippen LogP contribution >= 0.6 is 11.8 Å². The lowest BCUT2D eigenvalue weighted by atomic mass is 9.73. The molecule has 138 valence electrons. The minimum Gasteiger partial charge on any atom is -0.396 e. The Morgan fingerprint density at radius 3 is 2.72 bits per heavy atom. The second kappa shape index (κ2) is 8.56. The molecule has 1 atom stereocenters. The number of hydrogen-bond acceptors (Lipinski definition) is 4. The van der Waals surface area contributed by atoms with E-state index in [1.165, 1.54) is 23.3 Å². The van der Waals surface area contributed by atoms with Gasteiger partial charge in [0.2, 0.25) is 5.91 Å². The maximum atomic E-state index is 12.2. The molecule has 3 rings (SSSR count). The Morgan fingerprint density at radius 2 is 2.00 bits per heavy atom. The van der Waals surface area contributed by atoms with E-state index in [9.17, 15) is 4.79 Å². The number of piperidine rings is 2. The van der Waals surface area contributed by atoms with Crippen LogP contribution in [0.3, 0.4) is 0 Å². The highest BCUT2D eigenvalue weighted by Crippen LogP contribution is 2.39. The number of aliphatic hydroxyl groups is 1. The van der Waals surface area contributed by atoms with Crippen LogP contribution in [0.4, 0.5) is 0 Å². The van der Waals surface area contributed by atoms with Crippen molar-refractivity contribution in [2.45, 2.75) is 43.5 Å². The lowest BCUT2D eigenvalue weighted by Gasteiger charge is -2.48. The summed E-state index contributed by atoms with van der Waals surface area (Å²) in [7, 11) is 0. The number of carbonyl (C=O) groups excluding carboxylic acids is 1. The maximum Gasteiger partial charge on any atom is 0.222 e. The standard InChI is InChI=1S/C20H30N2O2S/c1-25-18-6-4-17(5-7-18)14-21-11-2-9-20(15-21)10-8-19(24)22(16-20)12-3-13-23/h4-7,23H,2-3,8-16H2,1H3. The zero-order chi connectivity index (χ0) is 17.7. The molecule has 0 aliphatic carbocycles. The molecule has 1 aromatic rings. The Hall–Kier alpha value is -1.04. The van der Waals surface area contributed by atoms with E-state index >= 15 is 0 Å². The zero-order valence-electron chi connectivity index (χ0n) is 15.2. The van der Waals surface area contributed by atoms with Gasteiger partial charge in [-0.05, 0) is 56.2 Å². The molecule has 4 nitrogen and oxygen atoms in total. The fourth-order valence-electron chi connectivity index (χ4n) is 4.33. The van der Waals surface area contributed by atoms with Crippen LogP contribution in [0.1, 0.15) is 37.7 Å². The molecule has 2 heterocycles. The number of nitrogens with zero attached hydrogens (tertiary/aromatic N) is 2. The van der Waals surface area contributed by atoms with Crippen molar-refractivity contribution in [3.05, 3.63) is 29.8 Å². The highest BCUT2D eigenvalue weighted by molar-refractivity contribution is 7.98. The highest BCUT2D eigenvalue weighted by Gasteiger charge is 2.41. The second-order valence-electron chi connectivity index (χ2n) is 7.55. The van der Waals surface area contributed by atoms with Gasteiger partial charge in [0.05, 0.1) is 0 Å². The maximum absolute atomic E-state index is 12.2. The number of likely N-dealkylation sites (tertiary alicyclic amines) is 2. The van der Waals surface area contributed by atoms with Gasteiger partial charge in [0, 0.05) is 49.5 Å². The second-order valence-corrected chi connectivity index (χ2v) is 8.43. The van der Waals surface area contributed by atoms with Crippen LogP contribution in [-0.2, 0) is 11.3 Å². The minimum atomic E-state index is 0.162. The van der Waals surface area contributed by atoms with Crippen molar-refractivity contribution in [2.75, 3.05) is 39.0 Å². The summed E-state index contributed by atoms with van der Waals surface area (Å²) >= 11 is 1.78. The van der Waals surface area contributed by atoms with E-state index in [4.69, 9.17) is 5.11 Å². The van der Waals surface area contributed by atoms with Crippen molar-refractivity contribution in [3.8, 4) is 0 Å². The quantitative estimate of drug-likeness (QED) is 0.790. The molecule has 0 aromatic heterocycles. The first-order valence-electron chi connectivity index (χ1n) is 9.38. The van der Waals surface area contributed by atoms with Gasteiger partial charge in [-0.1, -0.05) is 12.1 Å². The van der Waals surface area contributed by atoms with Crippen LogP contribution < -0.4 is 0 Å². The van der Waals surface area contributed by atoms with Gasteiger partial charge in [-0.25, -0.2) is 0 Å². The van der Waals surface area contributed by atoms with Crippen molar-refractivity contribution in [1.82, 2.24) is 9.80 Å². The molecule has 1 aromatic carbocycles. The Kier molecular flexibility index (Phi) is 6.42. The molecular formula is C20H30N2O2S. The van der Waals surface area contributed by atoms with Crippen molar-refractivity contribution < 1.29 is 9.90 Å². The summed E-state index contributed by atoms with van der Waals surface area (Å²) in [6, 6.07) is 8.89. The third-order valence-corrected chi connectivity index (χ3v) is 6.38. The van der Waals surface area contributed by atoms with Gasteiger partial charge in [-0.15, -0.1) is 11.8 Å². The Bertz CT molecular complexity index is 578. The van der Waals surface area contributed by atoms with Crippen LogP contribution in [0, 0.1) is 5.41 Å². The molecule has 1 spiro atoms. The first-order valence-corrected chi connectivity index (χ1v) is 10.6. The van der Waals surface area contributed by atoms with Crippen molar-refractivity contribution in [3.63, 3.8) is 0 Å². The third-order valence-electron chi connectivity index (χ3n) is 5.64. The summed E-state index contributed by atoms with van der Waals surface area (Å²) < 4.78 is 0. The highest BCUT2D eigenvalue weighted by atomic mass is 32.2. The van der Waals surface area contributed by atoms with E-state index in [1.807, 2.05) is 4.90 Å². The first-order chi connectivity index (χ1) is 12.1. The molecule has 25 heavy (non-hydrogen) atoms. The Labute approximate surface area is 155 Å². The molecule has 1 N–H and O–H groups in total. The van der Waals surface area contributed by atoms with E-state index in [0.29, 0.717) is 19.4 Å². The monoisotopic (exact) mass is 362 g/mol. The third kappa shape index (κ3) is 4.78. The number of rotatable bonds is 6. The lowest BCUT2D eigenvalue weighted by Crippen LogP contribution is -2.54. The molecule has 0 saturated carbocycles. The molecule has 1 amide bonds. The average molecular weight is 363 g/mol. The number of hydrogen-bond donors (Lipinski definition) is 1. The van der Waals surface area contributed by atoms with Crippen molar-refractivity contribution in [2.24, 2.45) is 5.41 Å². The average Bonchev–Trinajstić information content (AvgIpc) is 2.64. The summed E-state index contributed by atoms with van der Waals surface area (Å²) in [5, 5.41) is 9.08. The molecule has 1 unspecified atom stereocenters. The summed E-state index contributed by atoms with van der Waals surface area (Å²) in [6.45, 7) is 4.97. The van der Waals surface area contributed by atoms with Crippen LogP contribution in [0.25, 0.3) is 0 Å². The smallest absolute Gasteiger partial charge is 0.222 e. The molecule has 2 aliphatic rings. The molecule has 0 radical (unpaired) electrons. The molecule has 2 fully saturated rings. The molecular weight excluding hydrogens is 332 g/mol. The molecule has 2 saturated heterocycles. The van der Waals surface area contributed by atoms with Gasteiger partial charge < -0.3 is 10.0 Å². The molecule has 0 bridgehead atoms. The van der Waals surface area contributed by atoms with Crippen molar-refractivity contribution >= 4 is 17.7 Å². The summed E-state index contributed by atoms with van der Waals surface area (Å²) in [4.78, 5) is 18.1. The van der Waals surface area contributed by atoms with E-state index in [1.54, 1.807) is 11.8 Å². The van der Waals surface area contributed by atoms with Crippen LogP contribution in [0.15, 0.2) is 29.2 Å². The normalized spacial score (nSPS) is 24.9. The number of benzene rings is 1. The van der Waals surface area contributed by atoms with E-state index in [0.717, 1.165) is 32.6 Å². The fourth-order valence-corrected chi connectivity index (χ4v) is 4.74. The van der Waals surface area contributed by atoms with Gasteiger partial charge in [-0.2, -0.15) is 0 Å². The first kappa shape index (κ1) is 18.7. The van der Waals surface area contributed by atoms with Gasteiger partial charge in [0.15, 0.2) is 0 Å². The fraction of sp³-hybridized carbons (Fsp3) is 0.650. The van der Waals surface area contributed by atoms with Gasteiger partial charge in [0.25, 0.3) is 0 Å². The Balaban J connectivity index is 1.62. The van der Waals surface area contributed by atoms with E-state index < -0.39 is 0 Å². The number of amides is 1. The largest absolute Gasteiger partial charge is 0.396 e. The predicted molar refractivity (Wildman–Crippen MR) is 103 cm³/mol. The summed E-state index contributed by atoms with van der Waals surface area (Å²) in [6.07, 6.45) is 6.91. The predicted octanol–water partition coefficient (Wildman–Crippen LogP) is 3.00. The Morgan fingerprint density at radius 1 is 1.20 bits per heavy atom. The van der Waals surface area contributed by atoms with Gasteiger partial charge in [0.1, 0.15) is 0 Å². The van der Waals surface area contributed by atoms with Crippen LogP contribution in [-0.4, -0.2) is 59.9 Å². The summed E-state index contributed by atoms with van der Waals surface area (Å²) in [5.74, 6) is 0.267. The minimum absolute atomic E-state index is 0.162. The van der Waals surface area contributed by atoms with Crippen LogP contribution in [0.5, 0.6) is 0 Å². The van der Waals surface area contributed by atoms with E-state index in [-0.39, 0.29) is 17.9 Å². The lowest BCUT2D eigenvalue weighted by molar-refractivity contribution is -0.139.